The van der Waals surface area contributed by atoms with Crippen molar-refractivity contribution in [1.29, 1.82) is 0 Å². The first kappa shape index (κ1) is 21.4. The van der Waals surface area contributed by atoms with Gasteiger partial charge in [-0.05, 0) is 43.3 Å². The zero-order chi connectivity index (χ0) is 22.8. The third kappa shape index (κ3) is 3.89. The van der Waals surface area contributed by atoms with Gasteiger partial charge in [-0.1, -0.05) is 6.07 Å². The molecule has 1 aliphatic heterocycles. The average molecular weight is 436 g/mol. The lowest BCUT2D eigenvalue weighted by atomic mass is 10.1. The Labute approximate surface area is 183 Å². The normalized spacial score (nSPS) is 13.9. The topological polar surface area (TPSA) is 105 Å². The number of fused-ring (bicyclic) bond motifs is 1. The van der Waals surface area contributed by atoms with Gasteiger partial charge in [0.2, 0.25) is 0 Å². The largest absolute Gasteiger partial charge is 0.497 e. The molecule has 0 spiro atoms. The molecule has 32 heavy (non-hydrogen) atoms. The molecule has 2 amide bonds. The summed E-state index contributed by atoms with van der Waals surface area (Å²) in [5, 5.41) is 0.358. The van der Waals surface area contributed by atoms with E-state index in [2.05, 4.69) is 4.98 Å². The lowest BCUT2D eigenvalue weighted by Gasteiger charge is -2.35. The van der Waals surface area contributed by atoms with Crippen molar-refractivity contribution in [2.45, 2.75) is 13.5 Å². The fourth-order valence-electron chi connectivity index (χ4n) is 3.91. The lowest BCUT2D eigenvalue weighted by molar-refractivity contribution is 0.0535. The molecule has 0 radical (unpaired) electrons. The molecule has 2 aromatic carbocycles. The van der Waals surface area contributed by atoms with Crippen molar-refractivity contribution in [3.05, 3.63) is 74.4 Å². The van der Waals surface area contributed by atoms with E-state index in [1.54, 1.807) is 60.2 Å². The third-order valence-electron chi connectivity index (χ3n) is 5.72. The smallest absolute Gasteiger partial charge is 0.328 e. The molecule has 1 N–H and O–H groups in total. The van der Waals surface area contributed by atoms with E-state index < -0.39 is 5.69 Å². The number of amides is 2. The van der Waals surface area contributed by atoms with E-state index in [-0.39, 0.29) is 23.9 Å². The van der Waals surface area contributed by atoms with Crippen molar-refractivity contribution in [3.8, 4) is 5.75 Å². The van der Waals surface area contributed by atoms with Crippen LogP contribution >= 0.6 is 0 Å². The Bertz CT molecular complexity index is 1300. The highest BCUT2D eigenvalue weighted by atomic mass is 16.5. The van der Waals surface area contributed by atoms with Gasteiger partial charge in [-0.2, -0.15) is 0 Å². The second-order valence-corrected chi connectivity index (χ2v) is 7.56. The number of rotatable bonds is 4. The zero-order valence-electron chi connectivity index (χ0n) is 18.0. The number of carbonyl (C=O) groups is 2. The first-order valence-corrected chi connectivity index (χ1v) is 10.4. The van der Waals surface area contributed by atoms with Gasteiger partial charge in [-0.3, -0.25) is 19.0 Å². The van der Waals surface area contributed by atoms with Crippen LogP contribution in [-0.4, -0.2) is 64.5 Å². The molecule has 9 nitrogen and oxygen atoms in total. The van der Waals surface area contributed by atoms with E-state index in [0.717, 1.165) is 4.57 Å². The number of ether oxygens (including phenoxy) is 1. The maximum atomic E-state index is 13.0. The second kappa shape index (κ2) is 8.70. The van der Waals surface area contributed by atoms with Crippen LogP contribution in [0.3, 0.4) is 0 Å². The highest BCUT2D eigenvalue weighted by Crippen LogP contribution is 2.17. The quantitative estimate of drug-likeness (QED) is 0.664. The third-order valence-corrected chi connectivity index (χ3v) is 5.72. The van der Waals surface area contributed by atoms with Crippen LogP contribution in [0.25, 0.3) is 10.9 Å². The molecule has 1 aliphatic rings. The van der Waals surface area contributed by atoms with Crippen molar-refractivity contribution in [3.63, 3.8) is 0 Å². The van der Waals surface area contributed by atoms with Crippen molar-refractivity contribution < 1.29 is 14.3 Å². The Hall–Kier alpha value is -3.88. The number of H-pyrrole nitrogens is 1. The van der Waals surface area contributed by atoms with Gasteiger partial charge in [-0.25, -0.2) is 4.79 Å². The fraction of sp³-hybridized carbons (Fsp3) is 0.304. The van der Waals surface area contributed by atoms with Crippen LogP contribution in [0.15, 0.2) is 52.1 Å². The maximum absolute atomic E-state index is 13.0. The molecule has 0 aliphatic carbocycles. The van der Waals surface area contributed by atoms with Gasteiger partial charge < -0.3 is 19.5 Å². The van der Waals surface area contributed by atoms with Crippen molar-refractivity contribution in [2.75, 3.05) is 33.3 Å². The lowest BCUT2D eigenvalue weighted by Crippen LogP contribution is -2.50. The van der Waals surface area contributed by atoms with Crippen LogP contribution in [-0.2, 0) is 6.54 Å². The fourth-order valence-corrected chi connectivity index (χ4v) is 3.91. The molecular formula is C23H24N4O5. The molecule has 0 bridgehead atoms. The van der Waals surface area contributed by atoms with Gasteiger partial charge in [0.15, 0.2) is 0 Å². The molecule has 1 saturated heterocycles. The number of aromatic nitrogens is 2. The molecule has 1 fully saturated rings. The van der Waals surface area contributed by atoms with Crippen LogP contribution in [0.4, 0.5) is 0 Å². The van der Waals surface area contributed by atoms with Crippen LogP contribution in [0, 0.1) is 0 Å². The van der Waals surface area contributed by atoms with Gasteiger partial charge in [0.25, 0.3) is 17.4 Å². The minimum absolute atomic E-state index is 0.105. The molecule has 0 unspecified atom stereocenters. The molecule has 0 atom stereocenters. The summed E-state index contributed by atoms with van der Waals surface area (Å²) in [6, 6.07) is 11.7. The summed E-state index contributed by atoms with van der Waals surface area (Å²) in [4.78, 5) is 56.3. The SMILES string of the molecule is CCn1c(=O)[nH]c2cc(C(=O)N3CCN(C(=O)c4cccc(OC)c4)CC3)ccc2c1=O. The van der Waals surface area contributed by atoms with Crippen molar-refractivity contribution in [1.82, 2.24) is 19.4 Å². The summed E-state index contributed by atoms with van der Waals surface area (Å²) in [5.41, 5.74) is 0.381. The highest BCUT2D eigenvalue weighted by Gasteiger charge is 2.26. The minimum Gasteiger partial charge on any atom is -0.497 e. The van der Waals surface area contributed by atoms with Crippen molar-refractivity contribution in [2.24, 2.45) is 0 Å². The minimum atomic E-state index is -0.501. The molecular weight excluding hydrogens is 412 g/mol. The Kier molecular flexibility index (Phi) is 5.81. The molecule has 166 valence electrons. The Morgan fingerprint density at radius 2 is 1.56 bits per heavy atom. The van der Waals surface area contributed by atoms with Gasteiger partial charge >= 0.3 is 5.69 Å². The molecule has 0 saturated carbocycles. The average Bonchev–Trinajstić information content (AvgIpc) is 2.83. The Morgan fingerprint density at radius 1 is 0.938 bits per heavy atom. The summed E-state index contributed by atoms with van der Waals surface area (Å²) in [6.45, 7) is 3.59. The predicted molar refractivity (Wildman–Crippen MR) is 119 cm³/mol. The molecule has 9 heteroatoms. The molecule has 3 aromatic rings. The van der Waals surface area contributed by atoms with E-state index >= 15 is 0 Å². The van der Waals surface area contributed by atoms with Crippen LogP contribution < -0.4 is 16.0 Å². The number of piperazine rings is 1. The summed E-state index contributed by atoms with van der Waals surface area (Å²) in [5.74, 6) is 0.303. The number of aromatic amines is 1. The van der Waals surface area contributed by atoms with Crippen LogP contribution in [0.2, 0.25) is 0 Å². The first-order valence-electron chi connectivity index (χ1n) is 10.4. The van der Waals surface area contributed by atoms with Gasteiger partial charge in [0.1, 0.15) is 5.75 Å². The van der Waals surface area contributed by atoms with E-state index in [1.807, 2.05) is 0 Å². The van der Waals surface area contributed by atoms with E-state index in [9.17, 15) is 19.2 Å². The van der Waals surface area contributed by atoms with E-state index in [0.29, 0.717) is 54.0 Å². The summed E-state index contributed by atoms with van der Waals surface area (Å²) in [7, 11) is 1.55. The Balaban J connectivity index is 1.48. The van der Waals surface area contributed by atoms with Gasteiger partial charge in [0, 0.05) is 43.9 Å². The molecule has 2 heterocycles. The Morgan fingerprint density at radius 3 is 2.16 bits per heavy atom. The summed E-state index contributed by atoms with van der Waals surface area (Å²) < 4.78 is 6.29. The first-order chi connectivity index (χ1) is 15.4. The van der Waals surface area contributed by atoms with E-state index in [1.165, 1.54) is 6.07 Å². The standard InChI is InChI=1S/C23H24N4O5/c1-3-27-22(30)18-8-7-16(14-19(18)24-23(27)31)21(29)26-11-9-25(10-12-26)20(28)15-5-4-6-17(13-15)32-2/h4-8,13-14H,3,9-12H2,1-2H3,(H,24,31). The number of carbonyl (C=O) groups excluding carboxylic acids is 2. The number of nitrogens with zero attached hydrogens (tertiary/aromatic N) is 3. The molecule has 4 rings (SSSR count). The van der Waals surface area contributed by atoms with Crippen molar-refractivity contribution >= 4 is 22.7 Å². The molecule has 1 aromatic heterocycles. The maximum Gasteiger partial charge on any atom is 0.328 e. The number of benzene rings is 2. The number of methoxy groups -OCH3 is 1. The summed E-state index contributed by atoms with van der Waals surface area (Å²) >= 11 is 0. The predicted octanol–water partition coefficient (Wildman–Crippen LogP) is 1.32. The van der Waals surface area contributed by atoms with Crippen LogP contribution in [0.5, 0.6) is 5.75 Å². The monoisotopic (exact) mass is 436 g/mol. The number of nitrogens with one attached hydrogen (secondary N) is 1. The zero-order valence-corrected chi connectivity index (χ0v) is 18.0. The van der Waals surface area contributed by atoms with E-state index in [4.69, 9.17) is 4.74 Å². The highest BCUT2D eigenvalue weighted by molar-refractivity contribution is 5.98. The van der Waals surface area contributed by atoms with Crippen LogP contribution in [0.1, 0.15) is 27.6 Å². The van der Waals surface area contributed by atoms with Gasteiger partial charge in [-0.15, -0.1) is 0 Å². The number of hydrogen-bond acceptors (Lipinski definition) is 5. The summed E-state index contributed by atoms with van der Waals surface area (Å²) in [6.07, 6.45) is 0. The second-order valence-electron chi connectivity index (χ2n) is 7.56. The van der Waals surface area contributed by atoms with Gasteiger partial charge in [0.05, 0.1) is 18.0 Å². The number of hydrogen-bond donors (Lipinski definition) is 1.